The van der Waals surface area contributed by atoms with E-state index in [-0.39, 0.29) is 0 Å². The second kappa shape index (κ2) is 4.88. The molecule has 0 unspecified atom stereocenters. The van der Waals surface area contributed by atoms with Crippen LogP contribution < -0.4 is 0 Å². The zero-order chi connectivity index (χ0) is 15.1. The number of rotatable bonds is 1. The number of pyridine rings is 1. The molecule has 0 fully saturated rings. The third kappa shape index (κ3) is 2.02. The monoisotopic (exact) mass is 285 g/mol. The smallest absolute Gasteiger partial charge is 0.111 e. The van der Waals surface area contributed by atoms with Crippen molar-refractivity contribution in [1.29, 1.82) is 0 Å². The molecule has 0 bridgehead atoms. The predicted octanol–water partition coefficient (Wildman–Crippen LogP) is 4.46. The highest BCUT2D eigenvalue weighted by Crippen LogP contribution is 2.26. The summed E-state index contributed by atoms with van der Waals surface area (Å²) in [6, 6.07) is 18.2. The largest absolute Gasteiger partial charge is 0.249 e. The number of aryl methyl sites for hydroxylation is 2. The van der Waals surface area contributed by atoms with Gasteiger partial charge in [0, 0.05) is 5.39 Å². The number of nitrogens with zero attached hydrogens (tertiary/aromatic N) is 3. The highest BCUT2D eigenvalue weighted by Gasteiger charge is 2.11. The van der Waals surface area contributed by atoms with Gasteiger partial charge in [0.15, 0.2) is 0 Å². The van der Waals surface area contributed by atoms with Crippen LogP contribution >= 0.6 is 0 Å². The molecular weight excluding hydrogens is 270 g/mol. The summed E-state index contributed by atoms with van der Waals surface area (Å²) in [7, 11) is 0. The highest BCUT2D eigenvalue weighted by molar-refractivity contribution is 5.85. The van der Waals surface area contributed by atoms with Gasteiger partial charge in [-0.25, -0.2) is 15.0 Å². The van der Waals surface area contributed by atoms with E-state index in [1.54, 1.807) is 0 Å². The average Bonchev–Trinajstić information content (AvgIpc) is 2.54. The van der Waals surface area contributed by atoms with E-state index in [1.165, 1.54) is 10.9 Å². The Morgan fingerprint density at radius 1 is 0.682 bits per heavy atom. The van der Waals surface area contributed by atoms with Crippen molar-refractivity contribution < 1.29 is 0 Å². The Bertz CT molecular complexity index is 1010. The normalized spacial score (nSPS) is 11.2. The summed E-state index contributed by atoms with van der Waals surface area (Å²) in [5.41, 5.74) is 6.65. The zero-order valence-electron chi connectivity index (χ0n) is 12.5. The molecule has 3 nitrogen and oxygen atoms in total. The van der Waals surface area contributed by atoms with Crippen molar-refractivity contribution in [3.63, 3.8) is 0 Å². The van der Waals surface area contributed by atoms with Crippen LogP contribution in [0.3, 0.4) is 0 Å². The van der Waals surface area contributed by atoms with E-state index in [4.69, 9.17) is 9.97 Å². The van der Waals surface area contributed by atoms with E-state index in [9.17, 15) is 0 Å². The predicted molar refractivity (Wildman–Crippen MR) is 89.7 cm³/mol. The molecule has 0 N–H and O–H groups in total. The van der Waals surface area contributed by atoms with Gasteiger partial charge in [-0.3, -0.25) is 0 Å². The Kier molecular flexibility index (Phi) is 2.86. The molecule has 22 heavy (non-hydrogen) atoms. The molecule has 4 rings (SSSR count). The average molecular weight is 285 g/mol. The fourth-order valence-corrected chi connectivity index (χ4v) is 2.80. The number of para-hydroxylation sites is 3. The standard InChI is InChI=1S/C19H15N3/c1-12-11-18(21-15-8-4-3-7-14(12)15)19-13(2)20-16-9-5-6-10-17(16)22-19/h3-11H,1-2H3. The van der Waals surface area contributed by atoms with Crippen molar-refractivity contribution in [3.05, 3.63) is 65.9 Å². The lowest BCUT2D eigenvalue weighted by Crippen LogP contribution is -1.97. The minimum absolute atomic E-state index is 0.854. The zero-order valence-corrected chi connectivity index (χ0v) is 12.5. The quantitative estimate of drug-likeness (QED) is 0.518. The first kappa shape index (κ1) is 12.9. The first-order chi connectivity index (χ1) is 10.7. The van der Waals surface area contributed by atoms with Crippen molar-refractivity contribution >= 4 is 21.9 Å². The minimum Gasteiger partial charge on any atom is -0.249 e. The maximum atomic E-state index is 4.77. The molecule has 0 aliphatic rings. The van der Waals surface area contributed by atoms with Crippen molar-refractivity contribution in [2.75, 3.05) is 0 Å². The number of benzene rings is 2. The summed E-state index contributed by atoms with van der Waals surface area (Å²) >= 11 is 0. The maximum absolute atomic E-state index is 4.77. The van der Waals surface area contributed by atoms with Crippen molar-refractivity contribution in [1.82, 2.24) is 15.0 Å². The molecule has 0 saturated heterocycles. The van der Waals surface area contributed by atoms with Crippen LogP contribution in [0.25, 0.3) is 33.3 Å². The van der Waals surface area contributed by atoms with Crippen LogP contribution in [0, 0.1) is 13.8 Å². The number of hydrogen-bond donors (Lipinski definition) is 0. The fourth-order valence-electron chi connectivity index (χ4n) is 2.80. The Morgan fingerprint density at radius 2 is 1.32 bits per heavy atom. The molecule has 0 saturated carbocycles. The molecular formula is C19H15N3. The van der Waals surface area contributed by atoms with Crippen molar-refractivity contribution in [2.45, 2.75) is 13.8 Å². The SMILES string of the molecule is Cc1nc2ccccc2nc1-c1cc(C)c2ccccc2n1. The van der Waals surface area contributed by atoms with Crippen LogP contribution in [0.5, 0.6) is 0 Å². The summed E-state index contributed by atoms with van der Waals surface area (Å²) < 4.78 is 0. The number of aromatic nitrogens is 3. The van der Waals surface area contributed by atoms with Crippen LogP contribution in [0.15, 0.2) is 54.6 Å². The molecule has 0 atom stereocenters. The van der Waals surface area contributed by atoms with Gasteiger partial charge >= 0.3 is 0 Å². The van der Waals surface area contributed by atoms with Gasteiger partial charge in [-0.15, -0.1) is 0 Å². The lowest BCUT2D eigenvalue weighted by molar-refractivity contribution is 1.17. The first-order valence-electron chi connectivity index (χ1n) is 7.32. The van der Waals surface area contributed by atoms with Gasteiger partial charge in [0.2, 0.25) is 0 Å². The molecule has 2 aromatic carbocycles. The van der Waals surface area contributed by atoms with Crippen LogP contribution in [0.1, 0.15) is 11.3 Å². The second-order valence-electron chi connectivity index (χ2n) is 5.49. The Labute approximate surface area is 128 Å². The second-order valence-corrected chi connectivity index (χ2v) is 5.49. The van der Waals surface area contributed by atoms with Gasteiger partial charge in [0.1, 0.15) is 5.69 Å². The van der Waals surface area contributed by atoms with Crippen molar-refractivity contribution in [2.24, 2.45) is 0 Å². The summed E-state index contributed by atoms with van der Waals surface area (Å²) in [4.78, 5) is 14.2. The highest BCUT2D eigenvalue weighted by atomic mass is 14.9. The molecule has 2 heterocycles. The van der Waals surface area contributed by atoms with E-state index in [0.29, 0.717) is 0 Å². The number of fused-ring (bicyclic) bond motifs is 2. The van der Waals surface area contributed by atoms with Crippen LogP contribution in [-0.4, -0.2) is 15.0 Å². The molecule has 0 amide bonds. The van der Waals surface area contributed by atoms with Gasteiger partial charge in [0.05, 0.1) is 27.9 Å². The first-order valence-corrected chi connectivity index (χ1v) is 7.32. The molecule has 2 aromatic heterocycles. The Hall–Kier alpha value is -2.81. The van der Waals surface area contributed by atoms with E-state index < -0.39 is 0 Å². The third-order valence-electron chi connectivity index (χ3n) is 3.91. The maximum Gasteiger partial charge on any atom is 0.111 e. The molecule has 0 aliphatic heterocycles. The molecule has 106 valence electrons. The van der Waals surface area contributed by atoms with Gasteiger partial charge in [-0.1, -0.05) is 30.3 Å². The molecule has 3 heteroatoms. The van der Waals surface area contributed by atoms with Crippen LogP contribution in [-0.2, 0) is 0 Å². The van der Waals surface area contributed by atoms with Gasteiger partial charge in [-0.2, -0.15) is 0 Å². The fraction of sp³-hybridized carbons (Fsp3) is 0.105. The lowest BCUT2D eigenvalue weighted by atomic mass is 10.1. The lowest BCUT2D eigenvalue weighted by Gasteiger charge is -2.09. The molecule has 0 radical (unpaired) electrons. The van der Waals surface area contributed by atoms with E-state index in [2.05, 4.69) is 24.0 Å². The summed E-state index contributed by atoms with van der Waals surface area (Å²) in [5, 5.41) is 1.18. The Morgan fingerprint density at radius 3 is 2.09 bits per heavy atom. The summed E-state index contributed by atoms with van der Waals surface area (Å²) in [5.74, 6) is 0. The van der Waals surface area contributed by atoms with Gasteiger partial charge in [-0.05, 0) is 43.7 Å². The third-order valence-corrected chi connectivity index (χ3v) is 3.91. The van der Waals surface area contributed by atoms with E-state index >= 15 is 0 Å². The van der Waals surface area contributed by atoms with Crippen molar-refractivity contribution in [3.8, 4) is 11.4 Å². The van der Waals surface area contributed by atoms with E-state index in [0.717, 1.165) is 33.6 Å². The van der Waals surface area contributed by atoms with Crippen LogP contribution in [0.2, 0.25) is 0 Å². The minimum atomic E-state index is 0.854. The topological polar surface area (TPSA) is 38.7 Å². The van der Waals surface area contributed by atoms with Gasteiger partial charge in [0.25, 0.3) is 0 Å². The molecule has 4 aromatic rings. The Balaban J connectivity index is 2.00. The van der Waals surface area contributed by atoms with E-state index in [1.807, 2.05) is 49.4 Å². The molecule has 0 aliphatic carbocycles. The molecule has 0 spiro atoms. The number of hydrogen-bond acceptors (Lipinski definition) is 3. The summed E-state index contributed by atoms with van der Waals surface area (Å²) in [6.45, 7) is 4.10. The van der Waals surface area contributed by atoms with Gasteiger partial charge < -0.3 is 0 Å². The summed E-state index contributed by atoms with van der Waals surface area (Å²) in [6.07, 6.45) is 0. The van der Waals surface area contributed by atoms with Crippen LogP contribution in [0.4, 0.5) is 0 Å².